The van der Waals surface area contributed by atoms with Crippen LogP contribution in [0.25, 0.3) is 4.65 Å². The molecule has 0 saturated carbocycles. The first kappa shape index (κ1) is 41.7. The first-order valence-corrected chi connectivity index (χ1v) is 21.8. The average Bonchev–Trinajstić information content (AvgIpc) is 2.77. The molecule has 1 radical (unpaired) electrons. The summed E-state index contributed by atoms with van der Waals surface area (Å²) in [5, 5.41) is 13.3. The van der Waals surface area contributed by atoms with Crippen LogP contribution in [0.3, 0.4) is 0 Å². The van der Waals surface area contributed by atoms with E-state index in [0.29, 0.717) is 59.4 Å². The van der Waals surface area contributed by atoms with Gasteiger partial charge in [0.25, 0.3) is 0 Å². The topological polar surface area (TPSA) is 77.3 Å². The van der Waals surface area contributed by atoms with Gasteiger partial charge in [-0.3, -0.25) is 4.90 Å². The number of hydrogen-bond acceptors (Lipinski definition) is 6. The van der Waals surface area contributed by atoms with E-state index < -0.39 is 16.5 Å². The average molecular weight is 770 g/mol. The van der Waals surface area contributed by atoms with Crippen molar-refractivity contribution in [3.05, 3.63) is 33.5 Å². The summed E-state index contributed by atoms with van der Waals surface area (Å²) in [6, 6.07) is 4.19. The van der Waals surface area contributed by atoms with E-state index in [1.165, 1.54) is 5.56 Å². The van der Waals surface area contributed by atoms with Crippen molar-refractivity contribution in [2.75, 3.05) is 65.9 Å². The Bertz CT molecular complexity index is 834. The van der Waals surface area contributed by atoms with E-state index in [0.717, 1.165) is 24.2 Å². The maximum Gasteiger partial charge on any atom is 3.00 e. The van der Waals surface area contributed by atoms with Gasteiger partial charge in [-0.15, -0.1) is 5.75 Å². The smallest absolute Gasteiger partial charge is 0.872 e. The van der Waals surface area contributed by atoms with E-state index in [4.69, 9.17) is 23.6 Å². The Kier molecular flexibility index (Phi) is 19.6. The van der Waals surface area contributed by atoms with Gasteiger partial charge in [-0.05, 0) is 27.5 Å². The van der Waals surface area contributed by atoms with Crippen LogP contribution in [-0.4, -0.2) is 87.3 Å². The second-order valence-corrected chi connectivity index (χ2v) is 24.3. The van der Waals surface area contributed by atoms with E-state index >= 15 is 0 Å². The van der Waals surface area contributed by atoms with Crippen molar-refractivity contribution in [3.63, 3.8) is 0 Å². The van der Waals surface area contributed by atoms with Crippen LogP contribution in [0.2, 0.25) is 39.3 Å². The predicted molar refractivity (Wildman–Crippen MR) is 172 cm³/mol. The zero-order valence-corrected chi connectivity index (χ0v) is 31.9. The Morgan fingerprint density at radius 3 is 1.39 bits per heavy atom. The fourth-order valence-electron chi connectivity index (χ4n) is 4.46. The van der Waals surface area contributed by atoms with E-state index in [1.54, 1.807) is 0 Å². The monoisotopic (exact) mass is 770 g/mol. The van der Waals surface area contributed by atoms with Gasteiger partial charge in [-0.25, -0.2) is 0 Å². The molecule has 1 aliphatic rings. The van der Waals surface area contributed by atoms with Crippen molar-refractivity contribution >= 4 is 16.5 Å². The third-order valence-corrected chi connectivity index (χ3v) is 11.5. The van der Waals surface area contributed by atoms with Crippen LogP contribution < -0.4 is 5.11 Å². The number of ether oxygens (including phenoxy) is 4. The Labute approximate surface area is 293 Å². The van der Waals surface area contributed by atoms with Gasteiger partial charge in [0.1, 0.15) is 0 Å². The fourth-order valence-corrected chi connectivity index (χ4v) is 12.5. The molecule has 41 heavy (non-hydrogen) atoms. The van der Waals surface area contributed by atoms with E-state index in [2.05, 4.69) is 97.9 Å². The summed E-state index contributed by atoms with van der Waals surface area (Å²) < 4.78 is 27.3. The summed E-state index contributed by atoms with van der Waals surface area (Å²) in [7, 11) is -2.21. The quantitative estimate of drug-likeness (QED) is 0.337. The summed E-state index contributed by atoms with van der Waals surface area (Å²) in [6.45, 7) is 33.3. The van der Waals surface area contributed by atoms with Crippen LogP contribution >= 0.6 is 0 Å². The van der Waals surface area contributed by atoms with E-state index in [-0.39, 0.29) is 63.5 Å². The van der Waals surface area contributed by atoms with Gasteiger partial charge in [-0.1, -0.05) is 109 Å². The molecule has 1 aliphatic heterocycles. The molecule has 0 atom stereocenters. The third kappa shape index (κ3) is 19.7. The Balaban J connectivity index is 0.00000138. The Morgan fingerprint density at radius 2 is 1.07 bits per heavy atom. The number of hydrogen-bond donors (Lipinski definition) is 0. The van der Waals surface area contributed by atoms with Crippen molar-refractivity contribution in [2.45, 2.75) is 98.2 Å². The van der Waals surface area contributed by atoms with Crippen molar-refractivity contribution in [3.8, 4) is 5.75 Å². The normalized spacial score (nSPS) is 17.9. The molecule has 1 heterocycles. The second kappa shape index (κ2) is 19.3. The van der Waals surface area contributed by atoms with Crippen LogP contribution in [0.4, 0.5) is 0 Å². The minimum absolute atomic E-state index is 0. The van der Waals surface area contributed by atoms with Crippen molar-refractivity contribution in [1.29, 1.82) is 0 Å². The summed E-state index contributed by atoms with van der Waals surface area (Å²) in [5.74, 6) is 0.153. The maximum atomic E-state index is 13.3. The predicted octanol–water partition coefficient (Wildman–Crippen LogP) is 6.27. The van der Waals surface area contributed by atoms with Crippen LogP contribution in [0.5, 0.6) is 5.75 Å². The fraction of sp³-hybridized carbons (Fsp3) is 0.806. The summed E-state index contributed by atoms with van der Waals surface area (Å²) in [4.78, 5) is 2.25. The second-order valence-electron chi connectivity index (χ2n) is 14.7. The van der Waals surface area contributed by atoms with Crippen LogP contribution in [0.15, 0.2) is 12.1 Å². The van der Waals surface area contributed by atoms with Gasteiger partial charge in [0.15, 0.2) is 0 Å². The first-order chi connectivity index (χ1) is 18.3. The maximum absolute atomic E-state index is 13.3. The van der Waals surface area contributed by atoms with Gasteiger partial charge >= 0.3 is 46.9 Å². The van der Waals surface area contributed by atoms with Crippen LogP contribution in [-0.2, 0) is 36.3 Å². The van der Waals surface area contributed by atoms with Crippen LogP contribution in [0, 0.1) is 46.9 Å². The van der Waals surface area contributed by atoms with Gasteiger partial charge < -0.3 is 28.7 Å². The van der Waals surface area contributed by atoms with Crippen LogP contribution in [0.1, 0.15) is 58.2 Å². The Morgan fingerprint density at radius 1 is 0.683 bits per heavy atom. The molecule has 0 bridgehead atoms. The summed E-state index contributed by atoms with van der Waals surface area (Å²) in [6.07, 6.45) is 0. The number of rotatable bonds is 4. The molecule has 1 aromatic carbocycles. The van der Waals surface area contributed by atoms with Gasteiger partial charge in [0.05, 0.1) is 52.9 Å². The van der Waals surface area contributed by atoms with Crippen molar-refractivity contribution in [2.24, 2.45) is 0 Å². The molecule has 0 aliphatic carbocycles. The summed E-state index contributed by atoms with van der Waals surface area (Å²) in [5.41, 5.74) is 2.71. The summed E-state index contributed by atoms with van der Waals surface area (Å²) >= 11 is 0. The molecule has 0 aromatic heterocycles. The van der Waals surface area contributed by atoms with Crippen molar-refractivity contribution in [1.82, 2.24) is 4.90 Å². The van der Waals surface area contributed by atoms with Gasteiger partial charge in [-0.2, -0.15) is 0 Å². The molecular weight excluding hydrogens is 710 g/mol. The molecule has 10 heteroatoms. The molecule has 245 valence electrons. The zero-order chi connectivity index (χ0) is 30.6. The van der Waals surface area contributed by atoms with Crippen molar-refractivity contribution < 1.29 is 71.0 Å². The molecule has 1 saturated heterocycles. The minimum atomic E-state index is -1.11. The standard InChI is InChI=1S/C25H43NO5.C6H18NSi2.Yb/c1-24(2,3)21-17-20(23(27)22(18-21)25(4,5)6)19-26-7-9-28-11-13-30-15-16-31-14-12-29-10-8-26;1-8(2,3)7-9(4,5)6;/h17-18,27H,7-16,19H2,1-6H3;1-6H3;/q;-1;+3/p-1. The molecule has 1 aromatic rings. The third-order valence-electron chi connectivity index (χ3n) is 6.12. The molecule has 7 nitrogen and oxygen atoms in total. The van der Waals surface area contributed by atoms with Gasteiger partial charge in [0.2, 0.25) is 0 Å². The first-order valence-electron chi connectivity index (χ1n) is 14.9. The van der Waals surface area contributed by atoms with E-state index in [9.17, 15) is 5.11 Å². The molecule has 1 fully saturated rings. The molecule has 0 N–H and O–H groups in total. The van der Waals surface area contributed by atoms with E-state index in [1.807, 2.05) is 0 Å². The molecule has 0 amide bonds. The SMILES string of the molecule is CC(C)(C)c1cc(CN2CCOCCOCCOCCOCC2)c([O-])c(C(C)(C)C)c1.C[Si](C)(C)[N-][Si](C)(C)C.[Yb+3]. The molecule has 2 rings (SSSR count). The zero-order valence-electron chi connectivity index (χ0n) is 28.1. The Hall–Kier alpha value is 0.733. The van der Waals surface area contributed by atoms with Gasteiger partial charge in [0, 0.05) is 19.6 Å². The number of nitrogens with zero attached hydrogens (tertiary/aromatic N) is 2. The molecule has 0 spiro atoms. The molecule has 0 unspecified atom stereocenters. The minimum Gasteiger partial charge on any atom is -0.872 e. The molecular formula is C31H60N2O5Si2Yb+. The number of benzene rings is 1. The largest absolute Gasteiger partial charge is 3.00 e.